The van der Waals surface area contributed by atoms with Gasteiger partial charge in [0.2, 0.25) is 11.1 Å². The summed E-state index contributed by atoms with van der Waals surface area (Å²) in [5.41, 5.74) is 0.140. The van der Waals surface area contributed by atoms with Crippen LogP contribution in [0.3, 0.4) is 0 Å². The number of carbonyl (C=O) groups excluding carboxylic acids is 3. The van der Waals surface area contributed by atoms with Crippen molar-refractivity contribution in [1.82, 2.24) is 10.2 Å². The molecule has 0 aliphatic carbocycles. The topological polar surface area (TPSA) is 79.6 Å². The molecule has 2 rings (SSSR count). The van der Waals surface area contributed by atoms with Crippen molar-refractivity contribution in [2.75, 3.05) is 7.05 Å². The lowest BCUT2D eigenvalue weighted by Crippen LogP contribution is -2.40. The molecule has 3 amide bonds. The molecule has 1 fully saturated rings. The number of hydrogen-bond acceptors (Lipinski definition) is 4. The lowest BCUT2D eigenvalue weighted by Gasteiger charge is -2.10. The normalized spacial score (nSPS) is 19.9. The van der Waals surface area contributed by atoms with E-state index in [9.17, 15) is 14.4 Å². The van der Waals surface area contributed by atoms with E-state index in [4.69, 9.17) is 16.0 Å². The minimum absolute atomic E-state index is 0.0312. The molecule has 0 aromatic carbocycles. The Hall–Kier alpha value is -1.82. The maximum atomic E-state index is 11.7. The van der Waals surface area contributed by atoms with Gasteiger partial charge >= 0.3 is 0 Å². The molecule has 1 aromatic heterocycles. The molecule has 17 heavy (non-hydrogen) atoms. The zero-order valence-corrected chi connectivity index (χ0v) is 9.65. The third-order valence-corrected chi connectivity index (χ3v) is 2.84. The number of furan rings is 1. The molecule has 0 saturated carbocycles. The SMILES string of the molecule is CN1C(=O)CC(NC(=O)c2ccoc2Cl)C1=O. The summed E-state index contributed by atoms with van der Waals surface area (Å²) in [6.07, 6.45) is 1.24. The Labute approximate surface area is 102 Å². The number of likely N-dealkylation sites (tertiary alicyclic amines) is 1. The minimum Gasteiger partial charge on any atom is -0.452 e. The van der Waals surface area contributed by atoms with E-state index in [0.29, 0.717) is 0 Å². The predicted octanol–water partition coefficient (Wildman–Crippen LogP) is 0.420. The van der Waals surface area contributed by atoms with Crippen LogP contribution in [-0.2, 0) is 9.59 Å². The van der Waals surface area contributed by atoms with Gasteiger partial charge in [-0.1, -0.05) is 0 Å². The van der Waals surface area contributed by atoms with E-state index in [1.54, 1.807) is 0 Å². The summed E-state index contributed by atoms with van der Waals surface area (Å²) in [5, 5.41) is 2.39. The quantitative estimate of drug-likeness (QED) is 0.778. The molecule has 90 valence electrons. The van der Waals surface area contributed by atoms with Gasteiger partial charge < -0.3 is 9.73 Å². The molecule has 1 atom stereocenters. The number of imide groups is 1. The van der Waals surface area contributed by atoms with Gasteiger partial charge in [0, 0.05) is 7.05 Å². The first-order valence-electron chi connectivity index (χ1n) is 4.85. The molecule has 1 aromatic rings. The second-order valence-electron chi connectivity index (χ2n) is 3.63. The molecule has 2 heterocycles. The molecular weight excluding hydrogens is 248 g/mol. The molecule has 0 bridgehead atoms. The first kappa shape index (κ1) is 11.7. The summed E-state index contributed by atoms with van der Waals surface area (Å²) in [6, 6.07) is 0.564. The monoisotopic (exact) mass is 256 g/mol. The average molecular weight is 257 g/mol. The highest BCUT2D eigenvalue weighted by Gasteiger charge is 2.37. The number of hydrogen-bond donors (Lipinski definition) is 1. The van der Waals surface area contributed by atoms with Gasteiger partial charge in [-0.2, -0.15) is 0 Å². The zero-order valence-electron chi connectivity index (χ0n) is 8.90. The van der Waals surface area contributed by atoms with Gasteiger partial charge in [-0.25, -0.2) is 0 Å². The molecule has 0 radical (unpaired) electrons. The van der Waals surface area contributed by atoms with E-state index in [-0.39, 0.29) is 23.1 Å². The van der Waals surface area contributed by atoms with Gasteiger partial charge in [0.25, 0.3) is 11.8 Å². The van der Waals surface area contributed by atoms with Crippen molar-refractivity contribution in [3.05, 3.63) is 23.1 Å². The Bertz CT molecular complexity index is 496. The van der Waals surface area contributed by atoms with Crippen LogP contribution in [0, 0.1) is 0 Å². The lowest BCUT2D eigenvalue weighted by atomic mass is 10.2. The number of likely N-dealkylation sites (N-methyl/N-ethyl adjacent to an activating group) is 1. The van der Waals surface area contributed by atoms with Crippen LogP contribution in [0.5, 0.6) is 0 Å². The summed E-state index contributed by atoms with van der Waals surface area (Å²) in [6.45, 7) is 0. The summed E-state index contributed by atoms with van der Waals surface area (Å²) in [7, 11) is 1.38. The first-order valence-corrected chi connectivity index (χ1v) is 5.22. The van der Waals surface area contributed by atoms with Crippen molar-refractivity contribution < 1.29 is 18.8 Å². The van der Waals surface area contributed by atoms with Crippen LogP contribution in [0.2, 0.25) is 5.22 Å². The van der Waals surface area contributed by atoms with Crippen LogP contribution >= 0.6 is 11.6 Å². The van der Waals surface area contributed by atoms with E-state index < -0.39 is 17.9 Å². The highest BCUT2D eigenvalue weighted by Crippen LogP contribution is 2.18. The fraction of sp³-hybridized carbons (Fsp3) is 0.300. The third kappa shape index (κ3) is 2.03. The Balaban J connectivity index is 2.08. The van der Waals surface area contributed by atoms with Crippen LogP contribution in [0.1, 0.15) is 16.8 Å². The molecular formula is C10H9ClN2O4. The molecule has 1 aliphatic heterocycles. The van der Waals surface area contributed by atoms with Crippen molar-refractivity contribution >= 4 is 29.3 Å². The van der Waals surface area contributed by atoms with Crippen LogP contribution < -0.4 is 5.32 Å². The second kappa shape index (κ2) is 4.21. The molecule has 1 N–H and O–H groups in total. The van der Waals surface area contributed by atoms with Gasteiger partial charge in [-0.05, 0) is 17.7 Å². The number of carbonyl (C=O) groups is 3. The number of amides is 3. The van der Waals surface area contributed by atoms with Gasteiger partial charge in [-0.3, -0.25) is 19.3 Å². The fourth-order valence-electron chi connectivity index (χ4n) is 1.56. The molecule has 7 heteroatoms. The molecule has 1 aliphatic rings. The minimum atomic E-state index is -0.828. The summed E-state index contributed by atoms with van der Waals surface area (Å²) in [5.74, 6) is -1.29. The Morgan fingerprint density at radius 1 is 1.59 bits per heavy atom. The second-order valence-corrected chi connectivity index (χ2v) is 3.97. The van der Waals surface area contributed by atoms with Crippen LogP contribution in [0.25, 0.3) is 0 Å². The van der Waals surface area contributed by atoms with Crippen LogP contribution in [0.15, 0.2) is 16.7 Å². The van der Waals surface area contributed by atoms with Crippen molar-refractivity contribution in [3.8, 4) is 0 Å². The average Bonchev–Trinajstić information content (AvgIpc) is 2.80. The van der Waals surface area contributed by atoms with E-state index in [1.807, 2.05) is 0 Å². The fourth-order valence-corrected chi connectivity index (χ4v) is 1.76. The van der Waals surface area contributed by atoms with Crippen molar-refractivity contribution in [2.45, 2.75) is 12.5 Å². The Morgan fingerprint density at radius 2 is 2.29 bits per heavy atom. The lowest BCUT2D eigenvalue weighted by molar-refractivity contribution is -0.137. The molecule has 1 unspecified atom stereocenters. The highest BCUT2D eigenvalue weighted by atomic mass is 35.5. The predicted molar refractivity (Wildman–Crippen MR) is 57.4 cm³/mol. The number of halogens is 1. The maximum absolute atomic E-state index is 11.7. The van der Waals surface area contributed by atoms with Crippen molar-refractivity contribution in [3.63, 3.8) is 0 Å². The van der Waals surface area contributed by atoms with E-state index in [2.05, 4.69) is 5.32 Å². The number of rotatable bonds is 2. The van der Waals surface area contributed by atoms with Crippen molar-refractivity contribution in [2.24, 2.45) is 0 Å². The third-order valence-electron chi connectivity index (χ3n) is 2.55. The van der Waals surface area contributed by atoms with Gasteiger partial charge in [0.15, 0.2) is 0 Å². The largest absolute Gasteiger partial charge is 0.452 e. The van der Waals surface area contributed by atoms with E-state index >= 15 is 0 Å². The summed E-state index contributed by atoms with van der Waals surface area (Å²) in [4.78, 5) is 35.5. The van der Waals surface area contributed by atoms with E-state index in [1.165, 1.54) is 19.4 Å². The molecule has 1 saturated heterocycles. The zero-order chi connectivity index (χ0) is 12.6. The Morgan fingerprint density at radius 3 is 2.76 bits per heavy atom. The summed E-state index contributed by atoms with van der Waals surface area (Å²) < 4.78 is 4.76. The van der Waals surface area contributed by atoms with Gasteiger partial charge in [-0.15, -0.1) is 0 Å². The highest BCUT2D eigenvalue weighted by molar-refractivity contribution is 6.32. The smallest absolute Gasteiger partial charge is 0.256 e. The van der Waals surface area contributed by atoms with Crippen molar-refractivity contribution in [1.29, 1.82) is 0 Å². The molecule has 6 nitrogen and oxygen atoms in total. The Kier molecular flexibility index (Phi) is 2.89. The van der Waals surface area contributed by atoms with Crippen LogP contribution in [0.4, 0.5) is 0 Å². The van der Waals surface area contributed by atoms with Crippen LogP contribution in [-0.4, -0.2) is 35.7 Å². The number of nitrogens with zero attached hydrogens (tertiary/aromatic N) is 1. The van der Waals surface area contributed by atoms with Gasteiger partial charge in [0.05, 0.1) is 18.2 Å². The number of nitrogens with one attached hydrogen (secondary N) is 1. The summed E-state index contributed by atoms with van der Waals surface area (Å²) >= 11 is 5.62. The maximum Gasteiger partial charge on any atom is 0.256 e. The first-order chi connectivity index (χ1) is 8.00. The standard InChI is InChI=1S/C10H9ClN2O4/c1-13-7(14)4-6(10(13)16)12-9(15)5-2-3-17-8(5)11/h2-3,6H,4H2,1H3,(H,12,15). The molecule has 0 spiro atoms. The van der Waals surface area contributed by atoms with E-state index in [0.717, 1.165) is 4.90 Å². The van der Waals surface area contributed by atoms with Gasteiger partial charge in [0.1, 0.15) is 6.04 Å².